The summed E-state index contributed by atoms with van der Waals surface area (Å²) in [6, 6.07) is 0. The molecule has 2 rings (SSSR count). The van der Waals surface area contributed by atoms with Crippen molar-refractivity contribution in [3.63, 3.8) is 0 Å². The van der Waals surface area contributed by atoms with E-state index < -0.39 is 0 Å². The van der Waals surface area contributed by atoms with Gasteiger partial charge in [-0.3, -0.25) is 0 Å². The van der Waals surface area contributed by atoms with Crippen LogP contribution in [0.25, 0.3) is 0 Å². The van der Waals surface area contributed by atoms with Gasteiger partial charge >= 0.3 is 0 Å². The van der Waals surface area contributed by atoms with E-state index in [2.05, 4.69) is 10.1 Å². The summed E-state index contributed by atoms with van der Waals surface area (Å²) in [6.45, 7) is 0.922. The van der Waals surface area contributed by atoms with Crippen molar-refractivity contribution in [1.82, 2.24) is 9.55 Å². The van der Waals surface area contributed by atoms with E-state index in [1.165, 1.54) is 32.1 Å². The van der Waals surface area contributed by atoms with E-state index in [9.17, 15) is 0 Å². The highest BCUT2D eigenvalue weighted by molar-refractivity contribution is 5.93. The molecule has 1 heterocycles. The number of hydrogen-bond acceptors (Lipinski definition) is 3. The predicted octanol–water partition coefficient (Wildman–Crippen LogP) is 1.56. The maximum Gasteiger partial charge on any atom is 0.206 e. The first-order valence-electron chi connectivity index (χ1n) is 5.80. The topological polar surface area (TPSA) is 76.4 Å². The molecule has 0 aromatic carbocycles. The molecule has 1 saturated carbocycles. The fourth-order valence-corrected chi connectivity index (χ4v) is 2.38. The second-order valence-corrected chi connectivity index (χ2v) is 4.39. The van der Waals surface area contributed by atoms with Crippen molar-refractivity contribution in [2.45, 2.75) is 38.6 Å². The van der Waals surface area contributed by atoms with E-state index in [4.69, 9.17) is 10.9 Å². The second kappa shape index (κ2) is 5.01. The molecule has 0 atom stereocenters. The zero-order chi connectivity index (χ0) is 11.4. The Morgan fingerprint density at radius 2 is 2.25 bits per heavy atom. The summed E-state index contributed by atoms with van der Waals surface area (Å²) in [6.07, 6.45) is 10.1. The summed E-state index contributed by atoms with van der Waals surface area (Å²) in [5.74, 6) is 1.35. The van der Waals surface area contributed by atoms with Crippen molar-refractivity contribution in [2.75, 3.05) is 0 Å². The Bertz CT molecular complexity index is 366. The minimum Gasteiger partial charge on any atom is -0.409 e. The molecule has 5 nitrogen and oxygen atoms in total. The van der Waals surface area contributed by atoms with Gasteiger partial charge in [-0.1, -0.05) is 24.4 Å². The number of nitrogens with zero attached hydrogens (tertiary/aromatic N) is 3. The Labute approximate surface area is 95.0 Å². The van der Waals surface area contributed by atoms with Gasteiger partial charge in [-0.05, 0) is 18.8 Å². The van der Waals surface area contributed by atoms with E-state index in [1.807, 2.05) is 10.8 Å². The minimum absolute atomic E-state index is 0.0841. The molecule has 0 aliphatic heterocycles. The zero-order valence-corrected chi connectivity index (χ0v) is 9.34. The largest absolute Gasteiger partial charge is 0.409 e. The molecule has 3 N–H and O–H groups in total. The first kappa shape index (κ1) is 11.0. The Balaban J connectivity index is 2.06. The molecule has 1 fully saturated rings. The van der Waals surface area contributed by atoms with Crippen LogP contribution >= 0.6 is 0 Å². The SMILES string of the molecule is NC(=NO)c1nccn1CC1CCCCC1. The summed E-state index contributed by atoms with van der Waals surface area (Å²) < 4.78 is 1.98. The first-order chi connectivity index (χ1) is 7.81. The molecule has 1 aliphatic carbocycles. The standard InChI is InChI=1S/C11H18N4O/c12-10(14-16)11-13-6-7-15(11)8-9-4-2-1-3-5-9/h6-7,9,16H,1-5,8H2,(H2,12,14). The van der Waals surface area contributed by atoms with E-state index in [1.54, 1.807) is 6.20 Å². The van der Waals surface area contributed by atoms with Gasteiger partial charge in [0.15, 0.2) is 5.82 Å². The second-order valence-electron chi connectivity index (χ2n) is 4.39. The lowest BCUT2D eigenvalue weighted by atomic mass is 9.89. The van der Waals surface area contributed by atoms with Crippen LogP contribution in [0.1, 0.15) is 37.9 Å². The molecule has 0 unspecified atom stereocenters. The van der Waals surface area contributed by atoms with E-state index >= 15 is 0 Å². The Kier molecular flexibility index (Phi) is 3.44. The number of imidazole rings is 1. The molecule has 0 radical (unpaired) electrons. The highest BCUT2D eigenvalue weighted by Crippen LogP contribution is 2.25. The fourth-order valence-electron chi connectivity index (χ4n) is 2.38. The van der Waals surface area contributed by atoms with Gasteiger partial charge in [0.2, 0.25) is 5.84 Å². The average Bonchev–Trinajstić information content (AvgIpc) is 2.77. The summed E-state index contributed by atoms with van der Waals surface area (Å²) in [7, 11) is 0. The van der Waals surface area contributed by atoms with Gasteiger partial charge in [-0.25, -0.2) is 4.98 Å². The monoisotopic (exact) mass is 222 g/mol. The Hall–Kier alpha value is -1.52. The summed E-state index contributed by atoms with van der Waals surface area (Å²) in [5, 5.41) is 11.6. The van der Waals surface area contributed by atoms with Gasteiger partial charge < -0.3 is 15.5 Å². The number of rotatable bonds is 3. The van der Waals surface area contributed by atoms with Crippen LogP contribution in [0.2, 0.25) is 0 Å². The molecule has 1 aromatic heterocycles. The minimum atomic E-state index is 0.0841. The fraction of sp³-hybridized carbons (Fsp3) is 0.636. The van der Waals surface area contributed by atoms with Crippen LogP contribution in [0, 0.1) is 5.92 Å². The quantitative estimate of drug-likeness (QED) is 0.352. The number of nitrogens with two attached hydrogens (primary N) is 1. The van der Waals surface area contributed by atoms with Crippen LogP contribution < -0.4 is 5.73 Å². The van der Waals surface area contributed by atoms with Crippen LogP contribution in [0.5, 0.6) is 0 Å². The average molecular weight is 222 g/mol. The lowest BCUT2D eigenvalue weighted by Gasteiger charge is -2.22. The highest BCUT2D eigenvalue weighted by Gasteiger charge is 2.16. The van der Waals surface area contributed by atoms with Crippen LogP contribution in [0.3, 0.4) is 0 Å². The van der Waals surface area contributed by atoms with Gasteiger partial charge in [0.25, 0.3) is 0 Å². The number of hydrogen-bond donors (Lipinski definition) is 2. The van der Waals surface area contributed by atoms with Crippen molar-refractivity contribution < 1.29 is 5.21 Å². The molecule has 5 heteroatoms. The van der Waals surface area contributed by atoms with E-state index in [0.29, 0.717) is 11.7 Å². The van der Waals surface area contributed by atoms with E-state index in [0.717, 1.165) is 6.54 Å². The molecule has 0 bridgehead atoms. The molecule has 1 aliphatic rings. The molecule has 88 valence electrons. The lowest BCUT2D eigenvalue weighted by molar-refractivity contribution is 0.312. The Morgan fingerprint density at radius 3 is 2.94 bits per heavy atom. The van der Waals surface area contributed by atoms with Gasteiger partial charge in [-0.15, -0.1) is 0 Å². The maximum atomic E-state index is 8.65. The third-order valence-electron chi connectivity index (χ3n) is 3.23. The number of aromatic nitrogens is 2. The van der Waals surface area contributed by atoms with Crippen molar-refractivity contribution in [3.8, 4) is 0 Å². The first-order valence-corrected chi connectivity index (χ1v) is 5.80. The summed E-state index contributed by atoms with van der Waals surface area (Å²) >= 11 is 0. The van der Waals surface area contributed by atoms with Crippen molar-refractivity contribution in [2.24, 2.45) is 16.8 Å². The number of oxime groups is 1. The molecule has 1 aromatic rings. The van der Waals surface area contributed by atoms with Gasteiger partial charge in [0, 0.05) is 18.9 Å². The normalized spacial score (nSPS) is 18.9. The van der Waals surface area contributed by atoms with Gasteiger partial charge in [-0.2, -0.15) is 0 Å². The lowest BCUT2D eigenvalue weighted by Crippen LogP contribution is -2.22. The van der Waals surface area contributed by atoms with E-state index in [-0.39, 0.29) is 5.84 Å². The summed E-state index contributed by atoms with van der Waals surface area (Å²) in [5.41, 5.74) is 5.56. The van der Waals surface area contributed by atoms with Crippen LogP contribution in [0.4, 0.5) is 0 Å². The van der Waals surface area contributed by atoms with Gasteiger partial charge in [0.1, 0.15) is 0 Å². The third kappa shape index (κ3) is 2.35. The number of amidine groups is 1. The maximum absolute atomic E-state index is 8.65. The molecule has 0 spiro atoms. The summed E-state index contributed by atoms with van der Waals surface area (Å²) in [4.78, 5) is 4.10. The third-order valence-corrected chi connectivity index (χ3v) is 3.23. The Morgan fingerprint density at radius 1 is 1.50 bits per heavy atom. The predicted molar refractivity (Wildman–Crippen MR) is 61.3 cm³/mol. The molecule has 16 heavy (non-hydrogen) atoms. The van der Waals surface area contributed by atoms with Gasteiger partial charge in [0.05, 0.1) is 0 Å². The molecular formula is C11H18N4O. The smallest absolute Gasteiger partial charge is 0.206 e. The molecule has 0 amide bonds. The highest BCUT2D eigenvalue weighted by atomic mass is 16.4. The van der Waals surface area contributed by atoms with Crippen LogP contribution in [-0.4, -0.2) is 20.6 Å². The zero-order valence-electron chi connectivity index (χ0n) is 9.34. The van der Waals surface area contributed by atoms with Crippen LogP contribution in [0.15, 0.2) is 17.5 Å². The molecular weight excluding hydrogens is 204 g/mol. The van der Waals surface area contributed by atoms with Crippen molar-refractivity contribution >= 4 is 5.84 Å². The van der Waals surface area contributed by atoms with Crippen LogP contribution in [-0.2, 0) is 6.54 Å². The van der Waals surface area contributed by atoms with Crippen molar-refractivity contribution in [1.29, 1.82) is 0 Å². The molecule has 0 saturated heterocycles. The van der Waals surface area contributed by atoms with Crippen molar-refractivity contribution in [3.05, 3.63) is 18.2 Å².